The topological polar surface area (TPSA) is 47.3 Å². The van der Waals surface area contributed by atoms with Gasteiger partial charge in [-0.2, -0.15) is 11.8 Å². The number of benzene rings is 1. The van der Waals surface area contributed by atoms with Crippen molar-refractivity contribution in [3.05, 3.63) is 18.2 Å². The van der Waals surface area contributed by atoms with Crippen molar-refractivity contribution >= 4 is 23.1 Å². The van der Waals surface area contributed by atoms with E-state index >= 15 is 0 Å². The van der Waals surface area contributed by atoms with Crippen LogP contribution in [0.1, 0.15) is 6.42 Å². The number of methoxy groups -OCH3 is 1. The van der Waals surface area contributed by atoms with E-state index in [1.165, 1.54) is 5.75 Å². The highest BCUT2D eigenvalue weighted by Gasteiger charge is 1.99. The van der Waals surface area contributed by atoms with Crippen molar-refractivity contribution in [2.75, 3.05) is 36.7 Å². The third kappa shape index (κ3) is 3.91. The van der Waals surface area contributed by atoms with E-state index in [2.05, 4.69) is 11.6 Å². The van der Waals surface area contributed by atoms with Crippen LogP contribution in [0.25, 0.3) is 0 Å². The summed E-state index contributed by atoms with van der Waals surface area (Å²) in [5, 5.41) is 3.31. The van der Waals surface area contributed by atoms with Crippen LogP contribution in [-0.2, 0) is 0 Å². The first-order valence-corrected chi connectivity index (χ1v) is 6.33. The summed E-state index contributed by atoms with van der Waals surface area (Å²) < 4.78 is 5.08. The lowest BCUT2D eigenvalue weighted by Crippen LogP contribution is -2.05. The van der Waals surface area contributed by atoms with Crippen LogP contribution in [0.5, 0.6) is 5.75 Å². The predicted molar refractivity (Wildman–Crippen MR) is 68.9 cm³/mol. The number of thioether (sulfide) groups is 1. The number of nitrogens with one attached hydrogen (secondary N) is 1. The lowest BCUT2D eigenvalue weighted by atomic mass is 10.2. The lowest BCUT2D eigenvalue weighted by Gasteiger charge is -2.10. The third-order valence-electron chi connectivity index (χ3n) is 2.10. The molecule has 0 saturated carbocycles. The van der Waals surface area contributed by atoms with E-state index in [9.17, 15) is 0 Å². The molecule has 0 spiro atoms. The Hall–Kier alpha value is -1.03. The Balaban J connectivity index is 2.47. The molecule has 1 aromatic rings. The molecule has 0 fully saturated rings. The molecule has 0 amide bonds. The molecular weight excluding hydrogens is 208 g/mol. The van der Waals surface area contributed by atoms with Crippen molar-refractivity contribution in [3.63, 3.8) is 0 Å². The van der Waals surface area contributed by atoms with Gasteiger partial charge in [-0.15, -0.1) is 0 Å². The second kappa shape index (κ2) is 6.45. The van der Waals surface area contributed by atoms with Crippen molar-refractivity contribution in [1.29, 1.82) is 0 Å². The van der Waals surface area contributed by atoms with Gasteiger partial charge in [0, 0.05) is 12.6 Å². The van der Waals surface area contributed by atoms with Crippen molar-refractivity contribution in [2.24, 2.45) is 0 Å². The van der Waals surface area contributed by atoms with Crippen LogP contribution in [0.3, 0.4) is 0 Å². The molecule has 0 unspecified atom stereocenters. The van der Waals surface area contributed by atoms with Gasteiger partial charge in [-0.3, -0.25) is 0 Å². The van der Waals surface area contributed by atoms with Crippen LogP contribution in [-0.4, -0.2) is 25.7 Å². The summed E-state index contributed by atoms with van der Waals surface area (Å²) in [7, 11) is 1.64. The van der Waals surface area contributed by atoms with Gasteiger partial charge in [0.1, 0.15) is 5.75 Å². The number of nitrogens with two attached hydrogens (primary N) is 1. The number of rotatable bonds is 6. The van der Waals surface area contributed by atoms with Crippen molar-refractivity contribution < 1.29 is 4.74 Å². The average Bonchev–Trinajstić information content (AvgIpc) is 2.26. The van der Waals surface area contributed by atoms with Gasteiger partial charge in [-0.05, 0) is 30.6 Å². The number of hydrogen-bond donors (Lipinski definition) is 2. The van der Waals surface area contributed by atoms with Crippen molar-refractivity contribution in [2.45, 2.75) is 6.42 Å². The molecule has 3 N–H and O–H groups in total. The second-order valence-electron chi connectivity index (χ2n) is 3.23. The Kier molecular flexibility index (Phi) is 5.18. The van der Waals surface area contributed by atoms with E-state index in [0.717, 1.165) is 30.1 Å². The van der Waals surface area contributed by atoms with Gasteiger partial charge in [0.25, 0.3) is 0 Å². The van der Waals surface area contributed by atoms with Crippen LogP contribution in [0.4, 0.5) is 11.4 Å². The van der Waals surface area contributed by atoms with Crippen LogP contribution in [0.15, 0.2) is 18.2 Å². The summed E-state index contributed by atoms with van der Waals surface area (Å²) >= 11 is 1.86. The maximum Gasteiger partial charge on any atom is 0.121 e. The highest BCUT2D eigenvalue weighted by molar-refractivity contribution is 7.98. The summed E-state index contributed by atoms with van der Waals surface area (Å²) in [5.74, 6) is 1.96. The highest BCUT2D eigenvalue weighted by Crippen LogP contribution is 2.23. The monoisotopic (exact) mass is 226 g/mol. The van der Waals surface area contributed by atoms with Gasteiger partial charge >= 0.3 is 0 Å². The van der Waals surface area contributed by atoms with E-state index < -0.39 is 0 Å². The number of hydrogen-bond acceptors (Lipinski definition) is 4. The molecule has 0 heterocycles. The molecule has 0 atom stereocenters. The molecule has 3 nitrogen and oxygen atoms in total. The minimum Gasteiger partial charge on any atom is -0.497 e. The molecule has 1 rings (SSSR count). The molecular formula is C11H18N2OS. The molecule has 1 aromatic carbocycles. The third-order valence-corrected chi connectivity index (χ3v) is 2.80. The number of ether oxygens (including phenoxy) is 1. The fourth-order valence-electron chi connectivity index (χ4n) is 1.27. The second-order valence-corrected chi connectivity index (χ2v) is 4.21. The van der Waals surface area contributed by atoms with E-state index in [4.69, 9.17) is 10.5 Å². The van der Waals surface area contributed by atoms with E-state index in [1.54, 1.807) is 7.11 Å². The van der Waals surface area contributed by atoms with Gasteiger partial charge in [-0.25, -0.2) is 0 Å². The summed E-state index contributed by atoms with van der Waals surface area (Å²) in [6.45, 7) is 0.956. The molecule has 0 aliphatic carbocycles. The minimum absolute atomic E-state index is 0.735. The largest absolute Gasteiger partial charge is 0.497 e. The molecule has 0 radical (unpaired) electrons. The van der Waals surface area contributed by atoms with E-state index in [1.807, 2.05) is 30.0 Å². The standard InChI is InChI=1S/C11H18N2OS/c1-14-9-4-5-11(10(12)8-9)13-6-3-7-15-2/h4-5,8,13H,3,6-7,12H2,1-2H3. The molecule has 0 aliphatic heterocycles. The Morgan fingerprint density at radius 2 is 2.27 bits per heavy atom. The molecule has 0 aliphatic rings. The number of anilines is 2. The lowest BCUT2D eigenvalue weighted by molar-refractivity contribution is 0.415. The number of nitrogen functional groups attached to an aromatic ring is 1. The first kappa shape index (κ1) is 12.0. The first-order chi connectivity index (χ1) is 7.27. The summed E-state index contributed by atoms with van der Waals surface area (Å²) in [4.78, 5) is 0. The fraction of sp³-hybridized carbons (Fsp3) is 0.455. The Morgan fingerprint density at radius 3 is 2.87 bits per heavy atom. The van der Waals surface area contributed by atoms with Gasteiger partial charge < -0.3 is 15.8 Å². The van der Waals surface area contributed by atoms with Crippen molar-refractivity contribution in [3.8, 4) is 5.75 Å². The smallest absolute Gasteiger partial charge is 0.121 e. The van der Waals surface area contributed by atoms with Crippen LogP contribution in [0, 0.1) is 0 Å². The molecule has 0 bridgehead atoms. The predicted octanol–water partition coefficient (Wildman–Crippen LogP) is 2.44. The fourth-order valence-corrected chi connectivity index (χ4v) is 1.70. The highest BCUT2D eigenvalue weighted by atomic mass is 32.2. The maximum absolute atomic E-state index is 5.86. The normalized spacial score (nSPS) is 10.0. The molecule has 0 saturated heterocycles. The Labute approximate surface area is 95.4 Å². The van der Waals surface area contributed by atoms with Gasteiger partial charge in [-0.1, -0.05) is 0 Å². The van der Waals surface area contributed by atoms with E-state index in [-0.39, 0.29) is 0 Å². The van der Waals surface area contributed by atoms with Crippen LogP contribution in [0.2, 0.25) is 0 Å². The molecule has 15 heavy (non-hydrogen) atoms. The maximum atomic E-state index is 5.86. The van der Waals surface area contributed by atoms with Gasteiger partial charge in [0.2, 0.25) is 0 Å². The minimum atomic E-state index is 0.735. The van der Waals surface area contributed by atoms with Gasteiger partial charge in [0.05, 0.1) is 18.5 Å². The van der Waals surface area contributed by atoms with Crippen LogP contribution >= 0.6 is 11.8 Å². The Bertz CT molecular complexity index is 305. The van der Waals surface area contributed by atoms with E-state index in [0.29, 0.717) is 0 Å². The van der Waals surface area contributed by atoms with Crippen molar-refractivity contribution in [1.82, 2.24) is 0 Å². The zero-order chi connectivity index (χ0) is 11.1. The zero-order valence-electron chi connectivity index (χ0n) is 9.25. The zero-order valence-corrected chi connectivity index (χ0v) is 10.1. The first-order valence-electron chi connectivity index (χ1n) is 4.94. The summed E-state index contributed by atoms with van der Waals surface area (Å²) in [5.41, 5.74) is 7.58. The quantitative estimate of drug-likeness (QED) is 0.578. The average molecular weight is 226 g/mol. The molecule has 84 valence electrons. The van der Waals surface area contributed by atoms with Crippen LogP contribution < -0.4 is 15.8 Å². The SMILES string of the molecule is COc1ccc(NCCCSC)c(N)c1. The molecule has 0 aromatic heterocycles. The summed E-state index contributed by atoms with van der Waals surface area (Å²) in [6.07, 6.45) is 3.26. The Morgan fingerprint density at radius 1 is 1.47 bits per heavy atom. The molecule has 4 heteroatoms. The summed E-state index contributed by atoms with van der Waals surface area (Å²) in [6, 6.07) is 5.69. The van der Waals surface area contributed by atoms with Gasteiger partial charge in [0.15, 0.2) is 0 Å².